The molecule has 100 valence electrons. The Bertz CT molecular complexity index is 615. The molecule has 0 amide bonds. The van der Waals surface area contributed by atoms with E-state index in [2.05, 4.69) is 21.9 Å². The number of hydrogen-bond acceptors (Lipinski definition) is 4. The van der Waals surface area contributed by atoms with Crippen LogP contribution in [0.4, 0.5) is 0 Å². The zero-order valence-corrected chi connectivity index (χ0v) is 12.1. The maximum Gasteiger partial charge on any atom is 0.251 e. The largest absolute Gasteiger partial charge is 0.301 e. The Kier molecular flexibility index (Phi) is 4.99. The third-order valence-electron chi connectivity index (χ3n) is 2.41. The average Bonchev–Trinajstić information content (AvgIpc) is 2.36. The predicted molar refractivity (Wildman–Crippen MR) is 77.7 cm³/mol. The van der Waals surface area contributed by atoms with Crippen LogP contribution in [0.2, 0.25) is 5.15 Å². The summed E-state index contributed by atoms with van der Waals surface area (Å²) in [7, 11) is 0. The van der Waals surface area contributed by atoms with Crippen LogP contribution < -0.4 is 5.56 Å². The smallest absolute Gasteiger partial charge is 0.251 e. The highest BCUT2D eigenvalue weighted by Crippen LogP contribution is 2.18. The quantitative estimate of drug-likeness (QED) is 0.523. The summed E-state index contributed by atoms with van der Waals surface area (Å²) in [6.07, 6.45) is 1.78. The summed E-state index contributed by atoms with van der Waals surface area (Å²) in [6, 6.07) is 7.03. The van der Waals surface area contributed by atoms with Crippen molar-refractivity contribution in [3.63, 3.8) is 0 Å². The molecule has 0 saturated carbocycles. The van der Waals surface area contributed by atoms with E-state index in [4.69, 9.17) is 11.6 Å². The highest BCUT2D eigenvalue weighted by Gasteiger charge is 2.03. The Morgan fingerprint density at radius 1 is 1.32 bits per heavy atom. The van der Waals surface area contributed by atoms with E-state index < -0.39 is 0 Å². The molecule has 0 aliphatic rings. The molecule has 0 fully saturated rings. The molecule has 0 aromatic carbocycles. The van der Waals surface area contributed by atoms with Gasteiger partial charge in [0, 0.05) is 17.5 Å². The first-order chi connectivity index (χ1) is 9.17. The number of aromatic amines is 1. The van der Waals surface area contributed by atoms with E-state index in [0.29, 0.717) is 16.1 Å². The summed E-state index contributed by atoms with van der Waals surface area (Å²) >= 11 is 7.27. The molecule has 0 saturated heterocycles. The van der Waals surface area contributed by atoms with Gasteiger partial charge in [0.05, 0.1) is 5.69 Å². The van der Waals surface area contributed by atoms with Crippen LogP contribution >= 0.6 is 23.4 Å². The summed E-state index contributed by atoms with van der Waals surface area (Å²) in [5, 5.41) is 1.09. The van der Waals surface area contributed by atoms with Crippen LogP contribution in [0.5, 0.6) is 0 Å². The van der Waals surface area contributed by atoms with E-state index in [1.807, 2.05) is 12.1 Å². The maximum atomic E-state index is 11.5. The van der Waals surface area contributed by atoms with Crippen LogP contribution in [0.3, 0.4) is 0 Å². The normalized spacial score (nSPS) is 10.6. The van der Waals surface area contributed by atoms with Crippen molar-refractivity contribution in [3.05, 3.63) is 51.2 Å². The van der Waals surface area contributed by atoms with E-state index in [0.717, 1.165) is 24.2 Å². The second kappa shape index (κ2) is 6.73. The molecule has 19 heavy (non-hydrogen) atoms. The minimum Gasteiger partial charge on any atom is -0.301 e. The zero-order chi connectivity index (χ0) is 13.7. The first-order valence-corrected chi connectivity index (χ1v) is 7.38. The van der Waals surface area contributed by atoms with Gasteiger partial charge in [-0.25, -0.2) is 9.97 Å². The molecule has 0 radical (unpaired) electrons. The lowest BCUT2D eigenvalue weighted by Gasteiger charge is -2.03. The number of nitrogens with zero attached hydrogens (tertiary/aromatic N) is 2. The molecule has 4 nitrogen and oxygen atoms in total. The van der Waals surface area contributed by atoms with E-state index >= 15 is 0 Å². The molecule has 2 rings (SSSR count). The van der Waals surface area contributed by atoms with Crippen molar-refractivity contribution < 1.29 is 0 Å². The van der Waals surface area contributed by atoms with Gasteiger partial charge >= 0.3 is 0 Å². The number of thioether (sulfide) groups is 1. The van der Waals surface area contributed by atoms with Crippen LogP contribution in [-0.2, 0) is 12.2 Å². The number of hydrogen-bond donors (Lipinski definition) is 1. The highest BCUT2D eigenvalue weighted by molar-refractivity contribution is 7.98. The van der Waals surface area contributed by atoms with Gasteiger partial charge in [-0.3, -0.25) is 4.79 Å². The number of nitrogens with one attached hydrogen (secondary N) is 1. The van der Waals surface area contributed by atoms with Crippen LogP contribution in [0.15, 0.2) is 34.2 Å². The van der Waals surface area contributed by atoms with Gasteiger partial charge in [0.25, 0.3) is 5.56 Å². The minimum atomic E-state index is -0.111. The third kappa shape index (κ3) is 4.36. The van der Waals surface area contributed by atoms with Gasteiger partial charge in [-0.05, 0) is 18.6 Å². The second-order valence-electron chi connectivity index (χ2n) is 4.03. The summed E-state index contributed by atoms with van der Waals surface area (Å²) < 4.78 is 0. The Labute approximate surface area is 120 Å². The highest BCUT2D eigenvalue weighted by atomic mass is 35.5. The first kappa shape index (κ1) is 14.1. The molecule has 2 aromatic rings. The van der Waals surface area contributed by atoms with Crippen LogP contribution in [0.25, 0.3) is 0 Å². The first-order valence-electron chi connectivity index (χ1n) is 6.02. The standard InChI is InChI=1S/C13H14ClN3OS/c1-2-4-9-7-12(18)17-13(16-9)19-8-10-5-3-6-11(14)15-10/h3,5-7H,2,4,8H2,1H3,(H,16,17,18). The van der Waals surface area contributed by atoms with Crippen molar-refractivity contribution >= 4 is 23.4 Å². The van der Waals surface area contributed by atoms with E-state index in [9.17, 15) is 4.79 Å². The SMILES string of the molecule is CCCc1cc(=O)[nH]c(SCc2cccc(Cl)n2)n1. The van der Waals surface area contributed by atoms with Crippen LogP contribution in [0.1, 0.15) is 24.7 Å². The van der Waals surface area contributed by atoms with Crippen molar-refractivity contribution in [1.82, 2.24) is 15.0 Å². The van der Waals surface area contributed by atoms with Crippen molar-refractivity contribution in [3.8, 4) is 0 Å². The molecule has 6 heteroatoms. The Morgan fingerprint density at radius 3 is 2.89 bits per heavy atom. The van der Waals surface area contributed by atoms with Crippen molar-refractivity contribution in [1.29, 1.82) is 0 Å². The lowest BCUT2D eigenvalue weighted by molar-refractivity contribution is 0.815. The zero-order valence-electron chi connectivity index (χ0n) is 10.5. The topological polar surface area (TPSA) is 58.6 Å². The molecule has 0 bridgehead atoms. The molecule has 0 spiro atoms. The van der Waals surface area contributed by atoms with E-state index in [1.165, 1.54) is 11.8 Å². The molecule has 0 unspecified atom stereocenters. The fourth-order valence-electron chi connectivity index (χ4n) is 1.61. The summed E-state index contributed by atoms with van der Waals surface area (Å²) in [4.78, 5) is 22.8. The average molecular weight is 296 g/mol. The van der Waals surface area contributed by atoms with Gasteiger partial charge in [-0.2, -0.15) is 0 Å². The fraction of sp³-hybridized carbons (Fsp3) is 0.308. The fourth-order valence-corrected chi connectivity index (χ4v) is 2.59. The van der Waals surface area contributed by atoms with E-state index in [-0.39, 0.29) is 5.56 Å². The number of rotatable bonds is 5. The van der Waals surface area contributed by atoms with Gasteiger partial charge in [0.2, 0.25) is 0 Å². The number of halogens is 1. The second-order valence-corrected chi connectivity index (χ2v) is 5.38. The maximum absolute atomic E-state index is 11.5. The molecule has 0 aliphatic heterocycles. The molecule has 0 atom stereocenters. The lowest BCUT2D eigenvalue weighted by Crippen LogP contribution is -2.10. The number of aryl methyl sites for hydroxylation is 1. The van der Waals surface area contributed by atoms with Gasteiger partial charge in [-0.15, -0.1) is 0 Å². The minimum absolute atomic E-state index is 0.111. The summed E-state index contributed by atoms with van der Waals surface area (Å²) in [5.41, 5.74) is 1.58. The Balaban J connectivity index is 2.09. The van der Waals surface area contributed by atoms with Gasteiger partial charge in [-0.1, -0.05) is 42.8 Å². The van der Waals surface area contributed by atoms with Crippen molar-refractivity contribution in [2.45, 2.75) is 30.7 Å². The molecule has 0 aliphatic carbocycles. The van der Waals surface area contributed by atoms with Crippen LogP contribution in [0, 0.1) is 0 Å². The summed E-state index contributed by atoms with van der Waals surface area (Å²) in [5.74, 6) is 0.624. The molecule has 1 N–H and O–H groups in total. The monoisotopic (exact) mass is 295 g/mol. The number of aromatic nitrogens is 3. The predicted octanol–water partition coefficient (Wildman–Crippen LogP) is 3.06. The van der Waals surface area contributed by atoms with Gasteiger partial charge in [0.15, 0.2) is 5.16 Å². The molecule has 2 heterocycles. The molecule has 2 aromatic heterocycles. The Morgan fingerprint density at radius 2 is 2.16 bits per heavy atom. The number of H-pyrrole nitrogens is 1. The van der Waals surface area contributed by atoms with Crippen molar-refractivity contribution in [2.24, 2.45) is 0 Å². The van der Waals surface area contributed by atoms with Gasteiger partial charge < -0.3 is 4.98 Å². The molecular weight excluding hydrogens is 282 g/mol. The summed E-state index contributed by atoms with van der Waals surface area (Å²) in [6.45, 7) is 2.06. The number of pyridine rings is 1. The Hall–Kier alpha value is -1.33. The van der Waals surface area contributed by atoms with E-state index in [1.54, 1.807) is 12.1 Å². The third-order valence-corrected chi connectivity index (χ3v) is 3.53. The van der Waals surface area contributed by atoms with Gasteiger partial charge in [0.1, 0.15) is 5.15 Å². The lowest BCUT2D eigenvalue weighted by atomic mass is 10.2. The molecular formula is C13H14ClN3OS. The van der Waals surface area contributed by atoms with Crippen molar-refractivity contribution in [2.75, 3.05) is 0 Å². The van der Waals surface area contributed by atoms with Crippen LogP contribution in [-0.4, -0.2) is 15.0 Å².